The van der Waals surface area contributed by atoms with E-state index in [-0.39, 0.29) is 0 Å². The molecule has 0 heterocycles. The van der Waals surface area contributed by atoms with Gasteiger partial charge in [0.15, 0.2) is 0 Å². The molecular formula is C14H30N3+. The smallest absolute Gasteiger partial charge is 0.283 e. The second-order valence-electron chi connectivity index (χ2n) is 5.65. The molecule has 0 aliphatic rings. The van der Waals surface area contributed by atoms with Crippen LogP contribution in [0.3, 0.4) is 0 Å². The Kier molecular flexibility index (Phi) is 7.09. The predicted octanol–water partition coefficient (Wildman–Crippen LogP) is 2.99. The van der Waals surface area contributed by atoms with Crippen LogP contribution in [0.5, 0.6) is 0 Å². The Labute approximate surface area is 107 Å². The third kappa shape index (κ3) is 5.85. The second-order valence-corrected chi connectivity index (χ2v) is 5.65. The third-order valence-corrected chi connectivity index (χ3v) is 2.79. The molecule has 3 nitrogen and oxygen atoms in total. The first-order chi connectivity index (χ1) is 7.77. The summed E-state index contributed by atoms with van der Waals surface area (Å²) in [6, 6.07) is 1.94. The summed E-state index contributed by atoms with van der Waals surface area (Å²) in [5.41, 5.74) is 0. The molecule has 0 radical (unpaired) electrons. The van der Waals surface area contributed by atoms with Crippen LogP contribution in [0.2, 0.25) is 0 Å². The lowest BCUT2D eigenvalue weighted by Gasteiger charge is -2.25. The third-order valence-electron chi connectivity index (χ3n) is 2.79. The molecule has 100 valence electrons. The molecule has 0 aliphatic carbocycles. The fourth-order valence-electron chi connectivity index (χ4n) is 1.91. The minimum absolute atomic E-state index is 0.485. The molecule has 3 heteroatoms. The Morgan fingerprint density at radius 3 is 1.53 bits per heavy atom. The molecule has 0 unspecified atom stereocenters. The Hall–Kier alpha value is -0.860. The van der Waals surface area contributed by atoms with Gasteiger partial charge in [0, 0.05) is 12.1 Å². The zero-order valence-electron chi connectivity index (χ0n) is 12.8. The number of hydrogen-bond donors (Lipinski definition) is 0. The molecule has 0 atom stereocenters. The van der Waals surface area contributed by atoms with Crippen LogP contribution < -0.4 is 0 Å². The van der Waals surface area contributed by atoms with Crippen LogP contribution in [0.4, 0.5) is 0 Å². The second kappa shape index (κ2) is 7.46. The summed E-state index contributed by atoms with van der Waals surface area (Å²) >= 11 is 0. The first-order valence-corrected chi connectivity index (χ1v) is 6.68. The topological polar surface area (TPSA) is 18.6 Å². The van der Waals surface area contributed by atoms with E-state index in [0.717, 1.165) is 0 Å². The highest BCUT2D eigenvalue weighted by Crippen LogP contribution is 2.01. The van der Waals surface area contributed by atoms with E-state index in [4.69, 9.17) is 0 Å². The van der Waals surface area contributed by atoms with Crippen LogP contribution in [-0.4, -0.2) is 46.3 Å². The van der Waals surface area contributed by atoms with Crippen molar-refractivity contribution in [2.24, 2.45) is 4.99 Å². The largest absolute Gasteiger partial charge is 0.337 e. The maximum atomic E-state index is 4.46. The highest BCUT2D eigenvalue weighted by atomic mass is 15.2. The van der Waals surface area contributed by atoms with Gasteiger partial charge >= 0.3 is 0 Å². The summed E-state index contributed by atoms with van der Waals surface area (Å²) in [6.07, 6.45) is 3.90. The standard InChI is InChI=1S/C14H30N3/c1-11(2)16(12(3)4)9-15-10-17(13(5)6)14(7)8/h9-14H,1-8H3/q+1. The molecule has 0 aliphatic heterocycles. The van der Waals surface area contributed by atoms with Crippen LogP contribution in [0.15, 0.2) is 4.99 Å². The van der Waals surface area contributed by atoms with Gasteiger partial charge in [0.25, 0.3) is 6.34 Å². The van der Waals surface area contributed by atoms with Gasteiger partial charge in [-0.15, -0.1) is 0 Å². The molecule has 0 saturated heterocycles. The van der Waals surface area contributed by atoms with Gasteiger partial charge in [-0.25, -0.2) is 0 Å². The van der Waals surface area contributed by atoms with Gasteiger partial charge in [0.2, 0.25) is 6.34 Å². The SMILES string of the molecule is CC(C)N(C=NC=[N+](C(C)C)C(C)C)C(C)C. The van der Waals surface area contributed by atoms with Gasteiger partial charge < -0.3 is 4.90 Å². The van der Waals surface area contributed by atoms with Crippen LogP contribution in [0.1, 0.15) is 55.4 Å². The summed E-state index contributed by atoms with van der Waals surface area (Å²) in [5, 5.41) is 0. The van der Waals surface area contributed by atoms with E-state index in [0.29, 0.717) is 24.2 Å². The van der Waals surface area contributed by atoms with E-state index in [1.54, 1.807) is 0 Å². The Bertz CT molecular complexity index is 245. The Morgan fingerprint density at radius 1 is 0.824 bits per heavy atom. The predicted molar refractivity (Wildman–Crippen MR) is 77.2 cm³/mol. The summed E-state index contributed by atoms with van der Waals surface area (Å²) < 4.78 is 2.26. The van der Waals surface area contributed by atoms with Gasteiger partial charge in [0.05, 0.1) is 12.1 Å². The van der Waals surface area contributed by atoms with Crippen molar-refractivity contribution in [1.82, 2.24) is 4.90 Å². The molecule has 0 aromatic rings. The van der Waals surface area contributed by atoms with Gasteiger partial charge in [-0.2, -0.15) is 0 Å². The zero-order chi connectivity index (χ0) is 13.6. The molecule has 0 bridgehead atoms. The lowest BCUT2D eigenvalue weighted by Crippen LogP contribution is -2.36. The quantitative estimate of drug-likeness (QED) is 0.397. The molecule has 0 fully saturated rings. The van der Waals surface area contributed by atoms with Crippen LogP contribution >= 0.6 is 0 Å². The van der Waals surface area contributed by atoms with Gasteiger partial charge in [-0.1, -0.05) is 0 Å². The number of hydrogen-bond acceptors (Lipinski definition) is 0. The molecule has 0 rings (SSSR count). The summed E-state index contributed by atoms with van der Waals surface area (Å²) in [7, 11) is 0. The van der Waals surface area contributed by atoms with E-state index in [2.05, 4.69) is 69.9 Å². The molecule has 0 aromatic carbocycles. The van der Waals surface area contributed by atoms with Crippen LogP contribution in [-0.2, 0) is 0 Å². The maximum Gasteiger partial charge on any atom is 0.283 e. The lowest BCUT2D eigenvalue weighted by molar-refractivity contribution is -0.584. The zero-order valence-corrected chi connectivity index (χ0v) is 12.8. The van der Waals surface area contributed by atoms with Crippen molar-refractivity contribution in [2.75, 3.05) is 0 Å². The summed E-state index contributed by atoms with van der Waals surface area (Å²) in [6.45, 7) is 17.5. The molecule has 0 saturated carbocycles. The maximum absolute atomic E-state index is 4.46. The van der Waals surface area contributed by atoms with E-state index in [1.807, 2.05) is 12.7 Å². The average molecular weight is 240 g/mol. The van der Waals surface area contributed by atoms with Gasteiger partial charge in [0.1, 0.15) is 0 Å². The van der Waals surface area contributed by atoms with Gasteiger partial charge in [-0.3, -0.25) is 4.58 Å². The van der Waals surface area contributed by atoms with Crippen molar-refractivity contribution in [3.63, 3.8) is 0 Å². The number of rotatable bonds is 6. The number of nitrogens with zero attached hydrogens (tertiary/aromatic N) is 3. The minimum Gasteiger partial charge on any atom is -0.337 e. The van der Waals surface area contributed by atoms with Crippen molar-refractivity contribution >= 4 is 12.7 Å². The highest BCUT2D eigenvalue weighted by molar-refractivity contribution is 5.68. The summed E-state index contributed by atoms with van der Waals surface area (Å²) in [4.78, 5) is 6.72. The minimum atomic E-state index is 0.485. The van der Waals surface area contributed by atoms with Crippen LogP contribution in [0.25, 0.3) is 0 Å². The summed E-state index contributed by atoms with van der Waals surface area (Å²) in [5.74, 6) is 0. The van der Waals surface area contributed by atoms with Crippen molar-refractivity contribution < 1.29 is 4.58 Å². The molecule has 0 amide bonds. The van der Waals surface area contributed by atoms with Gasteiger partial charge in [-0.05, 0) is 60.4 Å². The van der Waals surface area contributed by atoms with Crippen molar-refractivity contribution in [2.45, 2.75) is 79.6 Å². The van der Waals surface area contributed by atoms with E-state index >= 15 is 0 Å². The van der Waals surface area contributed by atoms with E-state index in [9.17, 15) is 0 Å². The first kappa shape index (κ1) is 16.1. The molecule has 0 aromatic heterocycles. The monoisotopic (exact) mass is 240 g/mol. The lowest BCUT2D eigenvalue weighted by atomic mass is 10.2. The molecule has 0 spiro atoms. The van der Waals surface area contributed by atoms with Crippen molar-refractivity contribution in [3.8, 4) is 0 Å². The Balaban J connectivity index is 4.74. The van der Waals surface area contributed by atoms with Crippen molar-refractivity contribution in [1.29, 1.82) is 0 Å². The number of aliphatic imine (C=N–C) groups is 1. The fraction of sp³-hybridized carbons (Fsp3) is 0.857. The molecular weight excluding hydrogens is 210 g/mol. The average Bonchev–Trinajstić information content (AvgIpc) is 2.14. The Morgan fingerprint density at radius 2 is 1.24 bits per heavy atom. The highest BCUT2D eigenvalue weighted by Gasteiger charge is 2.12. The fourth-order valence-corrected chi connectivity index (χ4v) is 1.91. The van der Waals surface area contributed by atoms with Crippen molar-refractivity contribution in [3.05, 3.63) is 0 Å². The molecule has 0 N–H and O–H groups in total. The van der Waals surface area contributed by atoms with E-state index < -0.39 is 0 Å². The van der Waals surface area contributed by atoms with Crippen LogP contribution in [0, 0.1) is 0 Å². The normalized spacial score (nSPS) is 12.2. The first-order valence-electron chi connectivity index (χ1n) is 6.68. The van der Waals surface area contributed by atoms with E-state index in [1.165, 1.54) is 0 Å². The molecule has 17 heavy (non-hydrogen) atoms.